The summed E-state index contributed by atoms with van der Waals surface area (Å²) in [5, 5.41) is 5.49. The minimum Gasteiger partial charge on any atom is -0.452 e. The van der Waals surface area contributed by atoms with Gasteiger partial charge in [0.1, 0.15) is 0 Å². The first-order valence-corrected chi connectivity index (χ1v) is 9.32. The molecule has 0 aliphatic rings. The van der Waals surface area contributed by atoms with Gasteiger partial charge in [-0.1, -0.05) is 24.3 Å². The minimum atomic E-state index is -0.709. The SMILES string of the molecule is CCn1cc(C(=O)OCC(=O)NC(=O)Nc2ccc(C)c(C)c2)c2ccccc21. The molecule has 0 spiro atoms. The largest absolute Gasteiger partial charge is 0.452 e. The predicted molar refractivity (Wildman–Crippen MR) is 111 cm³/mol. The Bertz CT molecular complexity index is 1080. The number of hydrogen-bond acceptors (Lipinski definition) is 4. The molecule has 3 amide bonds. The molecule has 3 aromatic rings. The van der Waals surface area contributed by atoms with Crippen LogP contribution in [0.4, 0.5) is 10.5 Å². The lowest BCUT2D eigenvalue weighted by Gasteiger charge is -2.09. The predicted octanol–water partition coefficient (Wildman–Crippen LogP) is 3.78. The van der Waals surface area contributed by atoms with Crippen LogP contribution in [0.5, 0.6) is 0 Å². The zero-order valence-corrected chi connectivity index (χ0v) is 16.6. The highest BCUT2D eigenvalue weighted by molar-refractivity contribution is 6.06. The number of carbonyl (C=O) groups is 3. The molecule has 2 aromatic carbocycles. The topological polar surface area (TPSA) is 89.4 Å². The highest BCUT2D eigenvalue weighted by Gasteiger charge is 2.17. The van der Waals surface area contributed by atoms with Gasteiger partial charge in [-0.15, -0.1) is 0 Å². The van der Waals surface area contributed by atoms with Gasteiger partial charge in [0.25, 0.3) is 5.91 Å². The number of amides is 3. The maximum atomic E-state index is 12.4. The Morgan fingerprint density at radius 2 is 1.79 bits per heavy atom. The summed E-state index contributed by atoms with van der Waals surface area (Å²) in [5.41, 5.74) is 3.99. The van der Waals surface area contributed by atoms with Crippen LogP contribution in [0.1, 0.15) is 28.4 Å². The van der Waals surface area contributed by atoms with Crippen molar-refractivity contribution in [3.05, 3.63) is 65.4 Å². The van der Waals surface area contributed by atoms with Gasteiger partial charge in [0, 0.05) is 29.3 Å². The molecule has 1 aromatic heterocycles. The Hall–Kier alpha value is -3.61. The van der Waals surface area contributed by atoms with Crippen molar-refractivity contribution in [1.82, 2.24) is 9.88 Å². The van der Waals surface area contributed by atoms with E-state index in [0.29, 0.717) is 17.8 Å². The van der Waals surface area contributed by atoms with E-state index in [2.05, 4.69) is 10.6 Å². The van der Waals surface area contributed by atoms with Gasteiger partial charge in [0.15, 0.2) is 6.61 Å². The molecule has 1 heterocycles. The number of imide groups is 1. The van der Waals surface area contributed by atoms with E-state index in [9.17, 15) is 14.4 Å². The van der Waals surface area contributed by atoms with Crippen LogP contribution in [0.3, 0.4) is 0 Å². The second-order valence-corrected chi connectivity index (χ2v) is 6.72. The molecular formula is C22H23N3O4. The molecule has 0 aliphatic carbocycles. The van der Waals surface area contributed by atoms with Crippen LogP contribution >= 0.6 is 0 Å². The molecule has 0 radical (unpaired) electrons. The van der Waals surface area contributed by atoms with E-state index in [1.807, 2.05) is 61.7 Å². The number of urea groups is 1. The Morgan fingerprint density at radius 3 is 2.52 bits per heavy atom. The lowest BCUT2D eigenvalue weighted by molar-refractivity contribution is -0.123. The molecule has 0 fully saturated rings. The highest BCUT2D eigenvalue weighted by Crippen LogP contribution is 2.22. The number of rotatable bonds is 5. The number of para-hydroxylation sites is 1. The van der Waals surface area contributed by atoms with Gasteiger partial charge < -0.3 is 14.6 Å². The van der Waals surface area contributed by atoms with Crippen LogP contribution in [-0.4, -0.2) is 29.1 Å². The molecule has 0 saturated heterocycles. The zero-order valence-electron chi connectivity index (χ0n) is 16.6. The summed E-state index contributed by atoms with van der Waals surface area (Å²) in [5.74, 6) is -1.32. The van der Waals surface area contributed by atoms with E-state index in [1.165, 1.54) is 0 Å². The van der Waals surface area contributed by atoms with Gasteiger partial charge in [-0.25, -0.2) is 9.59 Å². The van der Waals surface area contributed by atoms with Crippen LogP contribution < -0.4 is 10.6 Å². The molecule has 7 nitrogen and oxygen atoms in total. The molecule has 29 heavy (non-hydrogen) atoms. The number of anilines is 1. The summed E-state index contributed by atoms with van der Waals surface area (Å²) in [7, 11) is 0. The van der Waals surface area contributed by atoms with Gasteiger partial charge >= 0.3 is 12.0 Å². The van der Waals surface area contributed by atoms with Crippen molar-refractivity contribution >= 4 is 34.5 Å². The number of aromatic nitrogens is 1. The maximum absolute atomic E-state index is 12.4. The Morgan fingerprint density at radius 1 is 1.03 bits per heavy atom. The van der Waals surface area contributed by atoms with Crippen molar-refractivity contribution in [2.24, 2.45) is 0 Å². The van der Waals surface area contributed by atoms with Crippen LogP contribution in [-0.2, 0) is 16.1 Å². The third-order valence-corrected chi connectivity index (χ3v) is 4.70. The average molecular weight is 393 g/mol. The number of ether oxygens (including phenoxy) is 1. The number of esters is 1. The standard InChI is InChI=1S/C22H23N3O4/c1-4-25-12-18(17-7-5-6-8-19(17)25)21(27)29-13-20(26)24-22(28)23-16-10-9-14(2)15(3)11-16/h5-12H,4,13H2,1-3H3,(H2,23,24,26,28). The number of fused-ring (bicyclic) bond motifs is 1. The third kappa shape index (κ3) is 4.63. The fourth-order valence-corrected chi connectivity index (χ4v) is 3.02. The first-order chi connectivity index (χ1) is 13.9. The number of carbonyl (C=O) groups excluding carboxylic acids is 3. The van der Waals surface area contributed by atoms with Gasteiger partial charge in [0.2, 0.25) is 0 Å². The number of nitrogens with one attached hydrogen (secondary N) is 2. The van der Waals surface area contributed by atoms with E-state index in [-0.39, 0.29) is 0 Å². The number of hydrogen-bond donors (Lipinski definition) is 2. The van der Waals surface area contributed by atoms with Gasteiger partial charge in [-0.05, 0) is 50.1 Å². The number of nitrogens with zero attached hydrogens (tertiary/aromatic N) is 1. The van der Waals surface area contributed by atoms with Crippen molar-refractivity contribution in [3.8, 4) is 0 Å². The molecule has 0 atom stereocenters. The first-order valence-electron chi connectivity index (χ1n) is 9.32. The summed E-state index contributed by atoms with van der Waals surface area (Å²) in [4.78, 5) is 36.4. The van der Waals surface area contributed by atoms with E-state index in [0.717, 1.165) is 22.0 Å². The zero-order chi connectivity index (χ0) is 21.0. The molecule has 150 valence electrons. The van der Waals surface area contributed by atoms with Gasteiger partial charge in [-0.3, -0.25) is 10.1 Å². The quantitative estimate of drug-likeness (QED) is 0.646. The van der Waals surface area contributed by atoms with Crippen molar-refractivity contribution < 1.29 is 19.1 Å². The number of aryl methyl sites for hydroxylation is 3. The summed E-state index contributed by atoms with van der Waals surface area (Å²) < 4.78 is 7.03. The molecule has 0 aliphatic heterocycles. The van der Waals surface area contributed by atoms with E-state index >= 15 is 0 Å². The van der Waals surface area contributed by atoms with Crippen molar-refractivity contribution in [1.29, 1.82) is 0 Å². The summed E-state index contributed by atoms with van der Waals surface area (Å²) in [6.45, 7) is 6.02. The van der Waals surface area contributed by atoms with E-state index in [4.69, 9.17) is 4.74 Å². The first kappa shape index (κ1) is 20.1. The fourth-order valence-electron chi connectivity index (χ4n) is 3.02. The maximum Gasteiger partial charge on any atom is 0.340 e. The lowest BCUT2D eigenvalue weighted by atomic mass is 10.1. The summed E-state index contributed by atoms with van der Waals surface area (Å²) in [6, 6.07) is 12.2. The van der Waals surface area contributed by atoms with Crippen LogP contribution in [0.2, 0.25) is 0 Å². The highest BCUT2D eigenvalue weighted by atomic mass is 16.5. The fraction of sp³-hybridized carbons (Fsp3) is 0.227. The second-order valence-electron chi connectivity index (χ2n) is 6.72. The third-order valence-electron chi connectivity index (χ3n) is 4.70. The van der Waals surface area contributed by atoms with Crippen LogP contribution in [0, 0.1) is 13.8 Å². The van der Waals surface area contributed by atoms with Gasteiger partial charge in [-0.2, -0.15) is 0 Å². The normalized spacial score (nSPS) is 10.6. The second kappa shape index (κ2) is 8.60. The van der Waals surface area contributed by atoms with Crippen molar-refractivity contribution in [3.63, 3.8) is 0 Å². The van der Waals surface area contributed by atoms with Crippen molar-refractivity contribution in [2.45, 2.75) is 27.3 Å². The molecule has 7 heteroatoms. The molecular weight excluding hydrogens is 370 g/mol. The van der Waals surface area contributed by atoms with Crippen LogP contribution in [0.15, 0.2) is 48.7 Å². The Labute approximate surface area is 168 Å². The summed E-state index contributed by atoms with van der Waals surface area (Å²) in [6.07, 6.45) is 1.71. The van der Waals surface area contributed by atoms with E-state index in [1.54, 1.807) is 12.3 Å². The molecule has 3 rings (SSSR count). The lowest BCUT2D eigenvalue weighted by Crippen LogP contribution is -2.37. The minimum absolute atomic E-state index is 0.384. The smallest absolute Gasteiger partial charge is 0.340 e. The van der Waals surface area contributed by atoms with E-state index < -0.39 is 24.5 Å². The molecule has 2 N–H and O–H groups in total. The van der Waals surface area contributed by atoms with Crippen molar-refractivity contribution in [2.75, 3.05) is 11.9 Å². The average Bonchev–Trinajstić information content (AvgIpc) is 3.08. The number of benzene rings is 2. The Balaban J connectivity index is 1.57. The Kier molecular flexibility index (Phi) is 5.97. The molecule has 0 saturated carbocycles. The monoisotopic (exact) mass is 393 g/mol. The van der Waals surface area contributed by atoms with Crippen LogP contribution in [0.25, 0.3) is 10.9 Å². The molecule has 0 bridgehead atoms. The van der Waals surface area contributed by atoms with Gasteiger partial charge in [0.05, 0.1) is 5.56 Å². The summed E-state index contributed by atoms with van der Waals surface area (Å²) >= 11 is 0. The molecule has 0 unspecified atom stereocenters.